The molecule has 0 aliphatic carbocycles. The summed E-state index contributed by atoms with van der Waals surface area (Å²) in [5, 5.41) is 7.53. The summed E-state index contributed by atoms with van der Waals surface area (Å²) in [7, 11) is 0. The van der Waals surface area contributed by atoms with Crippen LogP contribution in [0.15, 0.2) is 51.8 Å². The largest absolute Gasteiger partial charge is 0.422 e. The fourth-order valence-corrected chi connectivity index (χ4v) is 2.23. The lowest BCUT2D eigenvalue weighted by Gasteiger charge is -2.11. The van der Waals surface area contributed by atoms with Crippen LogP contribution in [0.4, 0.5) is 5.82 Å². The van der Waals surface area contributed by atoms with Gasteiger partial charge in [0.05, 0.1) is 6.20 Å². The van der Waals surface area contributed by atoms with E-state index in [1.807, 2.05) is 19.9 Å². The zero-order chi connectivity index (χ0) is 15.7. The van der Waals surface area contributed by atoms with Gasteiger partial charge in [0, 0.05) is 17.5 Å². The van der Waals surface area contributed by atoms with Gasteiger partial charge in [-0.1, -0.05) is 18.2 Å². The number of nitrogens with zero attached hydrogens (tertiary/aromatic N) is 2. The summed E-state index contributed by atoms with van der Waals surface area (Å²) in [4.78, 5) is 24.3. The van der Waals surface area contributed by atoms with Gasteiger partial charge in [-0.15, -0.1) is 0 Å². The lowest BCUT2D eigenvalue weighted by Crippen LogP contribution is -2.22. The van der Waals surface area contributed by atoms with Crippen molar-refractivity contribution < 1.29 is 9.21 Å². The molecule has 1 aromatic carbocycles. The van der Waals surface area contributed by atoms with E-state index in [2.05, 4.69) is 10.4 Å². The SMILES string of the molecule is CC(C)n1nccc1NC(=O)c1cc2ccccc2oc1=O. The highest BCUT2D eigenvalue weighted by Gasteiger charge is 2.16. The van der Waals surface area contributed by atoms with Gasteiger partial charge in [-0.25, -0.2) is 9.48 Å². The molecule has 2 aromatic heterocycles. The lowest BCUT2D eigenvalue weighted by atomic mass is 10.2. The Morgan fingerprint density at radius 1 is 1.27 bits per heavy atom. The van der Waals surface area contributed by atoms with E-state index >= 15 is 0 Å². The maximum absolute atomic E-state index is 12.3. The monoisotopic (exact) mass is 297 g/mol. The summed E-state index contributed by atoms with van der Waals surface area (Å²) in [6, 6.07) is 10.4. The molecule has 2 heterocycles. The summed E-state index contributed by atoms with van der Waals surface area (Å²) >= 11 is 0. The van der Waals surface area contributed by atoms with Gasteiger partial charge < -0.3 is 9.73 Å². The third kappa shape index (κ3) is 2.50. The molecule has 1 N–H and O–H groups in total. The summed E-state index contributed by atoms with van der Waals surface area (Å²) in [5.41, 5.74) is -0.238. The first-order chi connectivity index (χ1) is 10.6. The minimum atomic E-state index is -0.660. The zero-order valence-electron chi connectivity index (χ0n) is 12.2. The maximum atomic E-state index is 12.3. The molecule has 0 fully saturated rings. The number of fused-ring (bicyclic) bond motifs is 1. The van der Waals surface area contributed by atoms with Crippen molar-refractivity contribution in [2.24, 2.45) is 0 Å². The molecule has 22 heavy (non-hydrogen) atoms. The Balaban J connectivity index is 1.97. The Morgan fingerprint density at radius 3 is 2.82 bits per heavy atom. The lowest BCUT2D eigenvalue weighted by molar-refractivity contribution is 0.102. The van der Waals surface area contributed by atoms with Crippen molar-refractivity contribution in [3.05, 3.63) is 58.6 Å². The van der Waals surface area contributed by atoms with Gasteiger partial charge in [-0.2, -0.15) is 5.10 Å². The van der Waals surface area contributed by atoms with Crippen LogP contribution in [0.2, 0.25) is 0 Å². The summed E-state index contributed by atoms with van der Waals surface area (Å²) < 4.78 is 6.84. The molecule has 6 nitrogen and oxygen atoms in total. The number of anilines is 1. The van der Waals surface area contributed by atoms with E-state index in [-0.39, 0.29) is 11.6 Å². The van der Waals surface area contributed by atoms with Crippen LogP contribution < -0.4 is 10.9 Å². The molecule has 3 rings (SSSR count). The third-order valence-electron chi connectivity index (χ3n) is 3.29. The number of amides is 1. The van der Waals surface area contributed by atoms with Crippen LogP contribution in [-0.4, -0.2) is 15.7 Å². The fourth-order valence-electron chi connectivity index (χ4n) is 2.23. The first-order valence-electron chi connectivity index (χ1n) is 6.94. The number of carbonyl (C=O) groups is 1. The van der Waals surface area contributed by atoms with Crippen LogP contribution in [0.25, 0.3) is 11.0 Å². The number of hydrogen-bond acceptors (Lipinski definition) is 4. The number of rotatable bonds is 3. The quantitative estimate of drug-likeness (QED) is 0.754. The summed E-state index contributed by atoms with van der Waals surface area (Å²) in [6.45, 7) is 3.90. The molecular formula is C16H15N3O3. The third-order valence-corrected chi connectivity index (χ3v) is 3.29. The van der Waals surface area contributed by atoms with E-state index in [1.165, 1.54) is 6.07 Å². The molecule has 0 aliphatic rings. The second-order valence-corrected chi connectivity index (χ2v) is 5.19. The molecule has 0 saturated carbocycles. The summed E-state index contributed by atoms with van der Waals surface area (Å²) in [6.07, 6.45) is 1.60. The highest BCUT2D eigenvalue weighted by molar-refractivity contribution is 6.05. The minimum absolute atomic E-state index is 0.0322. The van der Waals surface area contributed by atoms with Gasteiger partial charge in [-0.3, -0.25) is 4.79 Å². The van der Waals surface area contributed by atoms with E-state index < -0.39 is 11.5 Å². The molecule has 0 spiro atoms. The van der Waals surface area contributed by atoms with Crippen LogP contribution >= 0.6 is 0 Å². The number of para-hydroxylation sites is 1. The molecular weight excluding hydrogens is 282 g/mol. The molecule has 3 aromatic rings. The Bertz CT molecular complexity index is 893. The average molecular weight is 297 g/mol. The molecule has 0 saturated heterocycles. The first-order valence-corrected chi connectivity index (χ1v) is 6.94. The van der Waals surface area contributed by atoms with Gasteiger partial charge in [0.25, 0.3) is 5.91 Å². The van der Waals surface area contributed by atoms with Crippen molar-refractivity contribution in [3.8, 4) is 0 Å². The van der Waals surface area contributed by atoms with Crippen LogP contribution in [-0.2, 0) is 0 Å². The van der Waals surface area contributed by atoms with Crippen LogP contribution in [0.3, 0.4) is 0 Å². The van der Waals surface area contributed by atoms with Gasteiger partial charge in [-0.05, 0) is 26.0 Å². The van der Waals surface area contributed by atoms with Crippen LogP contribution in [0.5, 0.6) is 0 Å². The van der Waals surface area contributed by atoms with E-state index in [1.54, 1.807) is 35.1 Å². The van der Waals surface area contributed by atoms with Crippen molar-refractivity contribution in [1.29, 1.82) is 0 Å². The number of hydrogen-bond donors (Lipinski definition) is 1. The topological polar surface area (TPSA) is 77.1 Å². The summed E-state index contributed by atoms with van der Waals surface area (Å²) in [5.74, 6) is 0.0226. The van der Waals surface area contributed by atoms with E-state index in [9.17, 15) is 9.59 Å². The Kier molecular flexibility index (Phi) is 3.50. The second-order valence-electron chi connectivity index (χ2n) is 5.19. The predicted octanol–water partition coefficient (Wildman–Crippen LogP) is 2.82. The van der Waals surface area contributed by atoms with E-state index in [0.717, 1.165) is 0 Å². The number of carbonyl (C=O) groups excluding carboxylic acids is 1. The smallest absolute Gasteiger partial charge is 0.349 e. The Labute approximate surface area is 126 Å². The molecule has 0 atom stereocenters. The van der Waals surface area contributed by atoms with Crippen molar-refractivity contribution in [2.45, 2.75) is 19.9 Å². The van der Waals surface area contributed by atoms with Crippen LogP contribution in [0, 0.1) is 0 Å². The molecule has 0 unspecified atom stereocenters. The van der Waals surface area contributed by atoms with E-state index in [4.69, 9.17) is 4.42 Å². The maximum Gasteiger partial charge on any atom is 0.349 e. The van der Waals surface area contributed by atoms with Crippen molar-refractivity contribution in [2.75, 3.05) is 5.32 Å². The highest BCUT2D eigenvalue weighted by atomic mass is 16.4. The normalized spacial score (nSPS) is 11.0. The second kappa shape index (κ2) is 5.48. The van der Waals surface area contributed by atoms with Gasteiger partial charge in [0.1, 0.15) is 17.0 Å². The molecule has 6 heteroatoms. The Hall–Kier alpha value is -2.89. The van der Waals surface area contributed by atoms with E-state index in [0.29, 0.717) is 16.8 Å². The molecule has 1 amide bonds. The minimum Gasteiger partial charge on any atom is -0.422 e. The fraction of sp³-hybridized carbons (Fsp3) is 0.188. The molecule has 112 valence electrons. The van der Waals surface area contributed by atoms with Crippen molar-refractivity contribution in [1.82, 2.24) is 9.78 Å². The molecule has 0 bridgehead atoms. The predicted molar refractivity (Wildman–Crippen MR) is 83.0 cm³/mol. The molecule has 0 radical (unpaired) electrons. The zero-order valence-corrected chi connectivity index (χ0v) is 12.2. The van der Waals surface area contributed by atoms with Gasteiger partial charge >= 0.3 is 5.63 Å². The number of benzene rings is 1. The van der Waals surface area contributed by atoms with Gasteiger partial charge in [0.2, 0.25) is 0 Å². The standard InChI is InChI=1S/C16H15N3O3/c1-10(2)19-14(7-8-17-19)18-15(20)12-9-11-5-3-4-6-13(11)22-16(12)21/h3-10H,1-2H3,(H,18,20). The van der Waals surface area contributed by atoms with Crippen molar-refractivity contribution >= 4 is 22.7 Å². The van der Waals surface area contributed by atoms with Gasteiger partial charge in [0.15, 0.2) is 0 Å². The molecule has 0 aliphatic heterocycles. The highest BCUT2D eigenvalue weighted by Crippen LogP contribution is 2.16. The Morgan fingerprint density at radius 2 is 2.05 bits per heavy atom. The van der Waals surface area contributed by atoms with Crippen LogP contribution in [0.1, 0.15) is 30.2 Å². The first kappa shape index (κ1) is 14.1. The van der Waals surface area contributed by atoms with Crippen molar-refractivity contribution in [3.63, 3.8) is 0 Å². The average Bonchev–Trinajstić information content (AvgIpc) is 2.94. The number of aromatic nitrogens is 2. The number of nitrogens with one attached hydrogen (secondary N) is 1.